The summed E-state index contributed by atoms with van der Waals surface area (Å²) in [5, 5.41) is 0. The molecule has 4 rings (SSSR count). The van der Waals surface area contributed by atoms with Crippen molar-refractivity contribution in [1.82, 2.24) is 0 Å². The molecule has 0 heterocycles. The standard InChI is InChI=1S/C26H27F5O/c1-2-3-16-4-5-19-13-20(7-6-18(19)12-16)21-14-23(27)25(24(28)15-21)17-8-10-22(11-9-17)32-26(29,30)31/h2-3,8-11,14-16,18-20H,4-7,12-13H2,1H3/b3-2+. The van der Waals surface area contributed by atoms with E-state index in [9.17, 15) is 22.0 Å². The van der Waals surface area contributed by atoms with Gasteiger partial charge in [-0.15, -0.1) is 13.2 Å². The molecular formula is C26H27F5O. The molecule has 32 heavy (non-hydrogen) atoms. The van der Waals surface area contributed by atoms with Crippen LogP contribution >= 0.6 is 0 Å². The maximum Gasteiger partial charge on any atom is 0.573 e. The Morgan fingerprint density at radius 1 is 0.875 bits per heavy atom. The van der Waals surface area contributed by atoms with Gasteiger partial charge in [0.05, 0.1) is 5.56 Å². The van der Waals surface area contributed by atoms with Crippen molar-refractivity contribution in [2.75, 3.05) is 0 Å². The number of hydrogen-bond donors (Lipinski definition) is 0. The van der Waals surface area contributed by atoms with Crippen LogP contribution in [0, 0.1) is 29.4 Å². The lowest BCUT2D eigenvalue weighted by molar-refractivity contribution is -0.274. The number of benzene rings is 2. The van der Waals surface area contributed by atoms with Crippen LogP contribution in [0.25, 0.3) is 11.1 Å². The summed E-state index contributed by atoms with van der Waals surface area (Å²) in [5.41, 5.74) is 0.620. The van der Waals surface area contributed by atoms with E-state index in [2.05, 4.69) is 23.8 Å². The van der Waals surface area contributed by atoms with Crippen LogP contribution in [0.2, 0.25) is 0 Å². The molecule has 0 amide bonds. The lowest BCUT2D eigenvalue weighted by Crippen LogP contribution is -2.30. The van der Waals surface area contributed by atoms with Crippen LogP contribution in [0.5, 0.6) is 5.75 Å². The van der Waals surface area contributed by atoms with Gasteiger partial charge in [0, 0.05) is 0 Å². The molecule has 2 aromatic carbocycles. The molecule has 0 saturated heterocycles. The monoisotopic (exact) mass is 450 g/mol. The number of rotatable bonds is 4. The van der Waals surface area contributed by atoms with Gasteiger partial charge in [-0.25, -0.2) is 8.78 Å². The largest absolute Gasteiger partial charge is 0.573 e. The molecule has 0 bridgehead atoms. The Labute approximate surface area is 185 Å². The van der Waals surface area contributed by atoms with E-state index in [1.807, 2.05) is 0 Å². The van der Waals surface area contributed by atoms with Crippen LogP contribution in [0.1, 0.15) is 56.9 Å². The van der Waals surface area contributed by atoms with E-state index in [0.717, 1.165) is 37.8 Å². The Morgan fingerprint density at radius 3 is 2.12 bits per heavy atom. The van der Waals surface area contributed by atoms with Crippen LogP contribution in [0.3, 0.4) is 0 Å². The van der Waals surface area contributed by atoms with E-state index in [-0.39, 0.29) is 17.0 Å². The van der Waals surface area contributed by atoms with Gasteiger partial charge in [-0.2, -0.15) is 0 Å². The van der Waals surface area contributed by atoms with Crippen LogP contribution in [0.4, 0.5) is 22.0 Å². The normalized spacial score (nSPS) is 26.2. The minimum Gasteiger partial charge on any atom is -0.406 e. The molecule has 0 aromatic heterocycles. The van der Waals surface area contributed by atoms with Crippen LogP contribution in [-0.2, 0) is 0 Å². The molecule has 4 atom stereocenters. The van der Waals surface area contributed by atoms with Gasteiger partial charge in [-0.3, -0.25) is 0 Å². The number of halogens is 5. The van der Waals surface area contributed by atoms with Crippen molar-refractivity contribution in [3.63, 3.8) is 0 Å². The highest BCUT2D eigenvalue weighted by Gasteiger charge is 2.36. The lowest BCUT2D eigenvalue weighted by Gasteiger charge is -2.42. The molecule has 2 aromatic rings. The van der Waals surface area contributed by atoms with Crippen LogP contribution in [0.15, 0.2) is 48.6 Å². The highest BCUT2D eigenvalue weighted by Crippen LogP contribution is 2.48. The number of ether oxygens (including phenoxy) is 1. The first-order chi connectivity index (χ1) is 15.2. The Hall–Kier alpha value is -2.37. The van der Waals surface area contributed by atoms with E-state index < -0.39 is 23.7 Å². The molecule has 0 N–H and O–H groups in total. The lowest BCUT2D eigenvalue weighted by atomic mass is 9.64. The maximum absolute atomic E-state index is 14.9. The van der Waals surface area contributed by atoms with Crippen LogP contribution in [-0.4, -0.2) is 6.36 Å². The zero-order valence-corrected chi connectivity index (χ0v) is 18.0. The van der Waals surface area contributed by atoms with Crippen molar-refractivity contribution in [2.24, 2.45) is 17.8 Å². The molecule has 2 aliphatic rings. The predicted molar refractivity (Wildman–Crippen MR) is 114 cm³/mol. The van der Waals surface area contributed by atoms with Crippen molar-refractivity contribution in [3.05, 3.63) is 65.7 Å². The number of hydrogen-bond acceptors (Lipinski definition) is 1. The maximum atomic E-state index is 14.9. The average molecular weight is 450 g/mol. The second-order valence-electron chi connectivity index (χ2n) is 9.06. The van der Waals surface area contributed by atoms with E-state index in [4.69, 9.17) is 0 Å². The Morgan fingerprint density at radius 2 is 1.50 bits per heavy atom. The smallest absolute Gasteiger partial charge is 0.406 e. The highest BCUT2D eigenvalue weighted by atomic mass is 19.4. The predicted octanol–water partition coefficient (Wildman–Crippen LogP) is 8.41. The third kappa shape index (κ3) is 5.16. The van der Waals surface area contributed by atoms with Gasteiger partial charge in [0.1, 0.15) is 17.4 Å². The van der Waals surface area contributed by atoms with Gasteiger partial charge >= 0.3 is 6.36 Å². The van der Waals surface area contributed by atoms with E-state index in [0.29, 0.717) is 23.3 Å². The molecule has 0 aliphatic heterocycles. The highest BCUT2D eigenvalue weighted by molar-refractivity contribution is 5.66. The SMILES string of the molecule is C/C=C/C1CCC2CC(c3cc(F)c(-c4ccc(OC(F)(F)F)cc4)c(F)c3)CCC2C1. The summed E-state index contributed by atoms with van der Waals surface area (Å²) in [5.74, 6) is 0.260. The van der Waals surface area contributed by atoms with Gasteiger partial charge in [0.2, 0.25) is 0 Å². The molecule has 2 saturated carbocycles. The van der Waals surface area contributed by atoms with Gasteiger partial charge in [0.15, 0.2) is 0 Å². The van der Waals surface area contributed by atoms with Gasteiger partial charge in [-0.1, -0.05) is 24.3 Å². The molecule has 172 valence electrons. The first-order valence-electron chi connectivity index (χ1n) is 11.2. The summed E-state index contributed by atoms with van der Waals surface area (Å²) < 4.78 is 70.7. The summed E-state index contributed by atoms with van der Waals surface area (Å²) >= 11 is 0. The second-order valence-corrected chi connectivity index (χ2v) is 9.06. The minimum atomic E-state index is -4.81. The molecule has 1 nitrogen and oxygen atoms in total. The quantitative estimate of drug-likeness (QED) is 0.336. The zero-order valence-electron chi connectivity index (χ0n) is 18.0. The number of allylic oxidation sites excluding steroid dienone is 2. The minimum absolute atomic E-state index is 0.134. The summed E-state index contributed by atoms with van der Waals surface area (Å²) in [6, 6.07) is 7.37. The average Bonchev–Trinajstić information content (AvgIpc) is 2.73. The van der Waals surface area contributed by atoms with Crippen molar-refractivity contribution in [2.45, 2.75) is 57.7 Å². The second kappa shape index (κ2) is 9.24. The van der Waals surface area contributed by atoms with Crippen molar-refractivity contribution in [1.29, 1.82) is 0 Å². The number of alkyl halides is 3. The summed E-state index contributed by atoms with van der Waals surface area (Å²) in [7, 11) is 0. The fourth-order valence-corrected chi connectivity index (χ4v) is 5.60. The van der Waals surface area contributed by atoms with E-state index >= 15 is 0 Å². The fourth-order valence-electron chi connectivity index (χ4n) is 5.60. The van der Waals surface area contributed by atoms with Gasteiger partial charge < -0.3 is 4.74 Å². The number of fused-ring (bicyclic) bond motifs is 1. The summed E-state index contributed by atoms with van der Waals surface area (Å²) in [4.78, 5) is 0. The van der Waals surface area contributed by atoms with Crippen molar-refractivity contribution < 1.29 is 26.7 Å². The van der Waals surface area contributed by atoms with E-state index in [1.54, 1.807) is 0 Å². The molecule has 2 aliphatic carbocycles. The Balaban J connectivity index is 1.49. The summed E-state index contributed by atoms with van der Waals surface area (Å²) in [6.07, 6.45) is 6.10. The molecule has 6 heteroatoms. The topological polar surface area (TPSA) is 9.23 Å². The van der Waals surface area contributed by atoms with Gasteiger partial charge in [0.25, 0.3) is 0 Å². The third-order valence-corrected chi connectivity index (χ3v) is 7.03. The molecule has 2 fully saturated rings. The van der Waals surface area contributed by atoms with Crippen molar-refractivity contribution in [3.8, 4) is 16.9 Å². The summed E-state index contributed by atoms with van der Waals surface area (Å²) in [6.45, 7) is 2.06. The molecule has 0 radical (unpaired) electrons. The first-order valence-corrected chi connectivity index (χ1v) is 11.2. The fraction of sp³-hybridized carbons (Fsp3) is 0.462. The Bertz CT molecular complexity index is 940. The third-order valence-electron chi connectivity index (χ3n) is 7.03. The van der Waals surface area contributed by atoms with Crippen LogP contribution < -0.4 is 4.74 Å². The molecule has 0 spiro atoms. The van der Waals surface area contributed by atoms with E-state index in [1.165, 1.54) is 37.1 Å². The zero-order chi connectivity index (χ0) is 22.9. The molecular weight excluding hydrogens is 423 g/mol. The molecule has 4 unspecified atom stereocenters. The Kier molecular flexibility index (Phi) is 6.59. The first kappa shape index (κ1) is 22.8. The van der Waals surface area contributed by atoms with Gasteiger partial charge in [-0.05, 0) is 105 Å². The van der Waals surface area contributed by atoms with Crippen molar-refractivity contribution >= 4 is 0 Å².